The molecule has 0 fully saturated rings. The summed E-state index contributed by atoms with van der Waals surface area (Å²) in [4.78, 5) is 10.2. The molecule has 4 heteroatoms. The van der Waals surface area contributed by atoms with Crippen LogP contribution in [0.1, 0.15) is 10.4 Å². The standard InChI is InChI=1S/C7H5ClO3/c8-7-4(3-9)1-5(10)2-6(7)11/h1-3,10-11H. The zero-order valence-electron chi connectivity index (χ0n) is 5.41. The Morgan fingerprint density at radius 1 is 1.36 bits per heavy atom. The van der Waals surface area contributed by atoms with Crippen LogP contribution in [0.5, 0.6) is 11.5 Å². The molecule has 2 N–H and O–H groups in total. The fraction of sp³-hybridized carbons (Fsp3) is 0. The summed E-state index contributed by atoms with van der Waals surface area (Å²) in [5.41, 5.74) is 0.0733. The summed E-state index contributed by atoms with van der Waals surface area (Å²) < 4.78 is 0. The lowest BCUT2D eigenvalue weighted by Crippen LogP contribution is -1.81. The van der Waals surface area contributed by atoms with Crippen molar-refractivity contribution in [1.29, 1.82) is 0 Å². The van der Waals surface area contributed by atoms with Gasteiger partial charge in [-0.05, 0) is 6.07 Å². The van der Waals surface area contributed by atoms with Crippen molar-refractivity contribution in [3.63, 3.8) is 0 Å². The van der Waals surface area contributed by atoms with E-state index in [9.17, 15) is 4.79 Å². The molecular formula is C7H5ClO3. The summed E-state index contributed by atoms with van der Waals surface area (Å²) >= 11 is 5.47. The van der Waals surface area contributed by atoms with E-state index < -0.39 is 0 Å². The van der Waals surface area contributed by atoms with E-state index in [1.54, 1.807) is 0 Å². The molecule has 0 unspecified atom stereocenters. The molecule has 0 heterocycles. The first kappa shape index (κ1) is 7.88. The summed E-state index contributed by atoms with van der Waals surface area (Å²) in [6.45, 7) is 0. The van der Waals surface area contributed by atoms with Crippen LogP contribution >= 0.6 is 11.6 Å². The lowest BCUT2D eigenvalue weighted by molar-refractivity contribution is 0.112. The van der Waals surface area contributed by atoms with Crippen molar-refractivity contribution in [3.8, 4) is 11.5 Å². The number of hydrogen-bond donors (Lipinski definition) is 2. The van der Waals surface area contributed by atoms with Crippen LogP contribution in [0, 0.1) is 0 Å². The van der Waals surface area contributed by atoms with Gasteiger partial charge in [-0.15, -0.1) is 0 Å². The first-order chi connectivity index (χ1) is 5.15. The normalized spacial score (nSPS) is 9.55. The quantitative estimate of drug-likeness (QED) is 0.632. The van der Waals surface area contributed by atoms with Gasteiger partial charge in [0, 0.05) is 11.6 Å². The number of carbonyl (C=O) groups excluding carboxylic acids is 1. The zero-order valence-corrected chi connectivity index (χ0v) is 6.17. The molecule has 0 saturated heterocycles. The van der Waals surface area contributed by atoms with Crippen LogP contribution in [0.2, 0.25) is 5.02 Å². The number of aromatic hydroxyl groups is 2. The average molecular weight is 173 g/mol. The molecule has 58 valence electrons. The molecule has 0 bridgehead atoms. The third-order valence-electron chi connectivity index (χ3n) is 1.19. The molecule has 0 aliphatic heterocycles. The molecule has 0 aliphatic carbocycles. The van der Waals surface area contributed by atoms with Gasteiger partial charge in [0.15, 0.2) is 6.29 Å². The van der Waals surface area contributed by atoms with Gasteiger partial charge >= 0.3 is 0 Å². The van der Waals surface area contributed by atoms with Gasteiger partial charge in [0.2, 0.25) is 0 Å². The Labute approximate surface area is 67.8 Å². The third kappa shape index (κ3) is 1.43. The SMILES string of the molecule is O=Cc1cc(O)cc(O)c1Cl. The number of carbonyl (C=O) groups is 1. The minimum absolute atomic E-state index is 0.0437. The minimum Gasteiger partial charge on any atom is -0.508 e. The number of phenolic OH excluding ortho intramolecular Hbond substituents is 2. The fourth-order valence-electron chi connectivity index (χ4n) is 0.701. The first-order valence-electron chi connectivity index (χ1n) is 2.82. The van der Waals surface area contributed by atoms with Crippen molar-refractivity contribution in [2.24, 2.45) is 0 Å². The number of benzene rings is 1. The Morgan fingerprint density at radius 2 is 2.00 bits per heavy atom. The van der Waals surface area contributed by atoms with Crippen LogP contribution in [-0.4, -0.2) is 16.5 Å². The maximum absolute atomic E-state index is 10.2. The van der Waals surface area contributed by atoms with Crippen LogP contribution in [-0.2, 0) is 0 Å². The van der Waals surface area contributed by atoms with E-state index in [4.69, 9.17) is 21.8 Å². The van der Waals surface area contributed by atoms with Crippen molar-refractivity contribution < 1.29 is 15.0 Å². The van der Waals surface area contributed by atoms with Crippen LogP contribution in [0.25, 0.3) is 0 Å². The van der Waals surface area contributed by atoms with E-state index in [2.05, 4.69) is 0 Å². The molecule has 0 aliphatic rings. The molecule has 0 spiro atoms. The van der Waals surface area contributed by atoms with E-state index in [0.717, 1.165) is 6.07 Å². The van der Waals surface area contributed by atoms with E-state index in [-0.39, 0.29) is 22.1 Å². The Bertz CT molecular complexity index is 296. The predicted molar refractivity (Wildman–Crippen MR) is 40.2 cm³/mol. The van der Waals surface area contributed by atoms with E-state index in [1.807, 2.05) is 0 Å². The summed E-state index contributed by atoms with van der Waals surface area (Å²) in [6.07, 6.45) is 0.460. The molecule has 0 saturated carbocycles. The number of phenols is 2. The van der Waals surface area contributed by atoms with Gasteiger partial charge in [-0.1, -0.05) is 11.6 Å². The molecule has 0 atom stereocenters. The van der Waals surface area contributed by atoms with Gasteiger partial charge in [-0.2, -0.15) is 0 Å². The second-order valence-electron chi connectivity index (χ2n) is 1.99. The smallest absolute Gasteiger partial charge is 0.151 e. The lowest BCUT2D eigenvalue weighted by atomic mass is 10.2. The summed E-state index contributed by atoms with van der Waals surface area (Å²) in [5.74, 6) is -0.484. The van der Waals surface area contributed by atoms with Gasteiger partial charge in [-0.3, -0.25) is 4.79 Å². The van der Waals surface area contributed by atoms with Crippen molar-refractivity contribution >= 4 is 17.9 Å². The lowest BCUT2D eigenvalue weighted by Gasteiger charge is -1.99. The highest BCUT2D eigenvalue weighted by molar-refractivity contribution is 6.34. The molecule has 0 amide bonds. The van der Waals surface area contributed by atoms with Crippen molar-refractivity contribution in [2.75, 3.05) is 0 Å². The summed E-state index contributed by atoms with van der Waals surface area (Å²) in [5, 5.41) is 17.8. The molecule has 0 aromatic heterocycles. The number of halogens is 1. The number of rotatable bonds is 1. The summed E-state index contributed by atoms with van der Waals surface area (Å²) in [6, 6.07) is 2.24. The molecule has 11 heavy (non-hydrogen) atoms. The van der Waals surface area contributed by atoms with E-state index in [0.29, 0.717) is 6.29 Å². The zero-order chi connectivity index (χ0) is 8.43. The topological polar surface area (TPSA) is 57.5 Å². The Kier molecular flexibility index (Phi) is 2.01. The largest absolute Gasteiger partial charge is 0.508 e. The van der Waals surface area contributed by atoms with Gasteiger partial charge in [0.1, 0.15) is 11.5 Å². The molecule has 3 nitrogen and oxygen atoms in total. The third-order valence-corrected chi connectivity index (χ3v) is 1.61. The highest BCUT2D eigenvalue weighted by atomic mass is 35.5. The van der Waals surface area contributed by atoms with E-state index >= 15 is 0 Å². The highest BCUT2D eigenvalue weighted by Crippen LogP contribution is 2.30. The second-order valence-corrected chi connectivity index (χ2v) is 2.36. The molecular weight excluding hydrogens is 168 g/mol. The number of aldehydes is 1. The molecule has 1 aromatic carbocycles. The second kappa shape index (κ2) is 2.80. The first-order valence-corrected chi connectivity index (χ1v) is 3.19. The summed E-state index contributed by atoms with van der Waals surface area (Å²) in [7, 11) is 0. The van der Waals surface area contributed by atoms with Crippen LogP contribution in [0.4, 0.5) is 0 Å². The number of hydrogen-bond acceptors (Lipinski definition) is 3. The molecule has 1 aromatic rings. The predicted octanol–water partition coefficient (Wildman–Crippen LogP) is 1.56. The Hall–Kier alpha value is -1.22. The average Bonchev–Trinajstić information content (AvgIpc) is 1.96. The van der Waals surface area contributed by atoms with Crippen LogP contribution in [0.3, 0.4) is 0 Å². The van der Waals surface area contributed by atoms with Gasteiger partial charge in [0.25, 0.3) is 0 Å². The van der Waals surface area contributed by atoms with Crippen LogP contribution < -0.4 is 0 Å². The molecule has 0 radical (unpaired) electrons. The van der Waals surface area contributed by atoms with Crippen molar-refractivity contribution in [2.45, 2.75) is 0 Å². The molecule has 1 rings (SSSR count). The van der Waals surface area contributed by atoms with Gasteiger partial charge in [-0.25, -0.2) is 0 Å². The minimum atomic E-state index is -0.297. The van der Waals surface area contributed by atoms with E-state index in [1.165, 1.54) is 6.07 Å². The van der Waals surface area contributed by atoms with Crippen molar-refractivity contribution in [1.82, 2.24) is 0 Å². The monoisotopic (exact) mass is 172 g/mol. The maximum Gasteiger partial charge on any atom is 0.151 e. The maximum atomic E-state index is 10.2. The Morgan fingerprint density at radius 3 is 2.55 bits per heavy atom. The van der Waals surface area contributed by atoms with Crippen molar-refractivity contribution in [3.05, 3.63) is 22.7 Å². The fourth-order valence-corrected chi connectivity index (χ4v) is 0.855. The van der Waals surface area contributed by atoms with Crippen LogP contribution in [0.15, 0.2) is 12.1 Å². The van der Waals surface area contributed by atoms with Gasteiger partial charge in [0.05, 0.1) is 5.02 Å². The highest BCUT2D eigenvalue weighted by Gasteiger charge is 2.05. The Balaban J connectivity index is 3.35. The van der Waals surface area contributed by atoms with Gasteiger partial charge < -0.3 is 10.2 Å².